The molecule has 2 aliphatic carbocycles. The van der Waals surface area contributed by atoms with E-state index in [0.29, 0.717) is 22.8 Å². The van der Waals surface area contributed by atoms with Crippen molar-refractivity contribution in [2.75, 3.05) is 7.11 Å². The van der Waals surface area contributed by atoms with Crippen LogP contribution in [-0.2, 0) is 10.3 Å². The van der Waals surface area contributed by atoms with Crippen molar-refractivity contribution >= 4 is 23.1 Å². The van der Waals surface area contributed by atoms with Crippen LogP contribution in [0.2, 0.25) is 5.02 Å². The number of fused-ring (bicyclic) bond motifs is 2. The summed E-state index contributed by atoms with van der Waals surface area (Å²) >= 11 is 6.40. The number of amidine groups is 1. The Balaban J connectivity index is 1.67. The maximum atomic E-state index is 12.5. The molecule has 5 nitrogen and oxygen atoms in total. The Hall–Kier alpha value is -1.14. The molecule has 2 heterocycles. The predicted molar refractivity (Wildman–Crippen MR) is 125 cm³/mol. The Morgan fingerprint density at radius 1 is 1.13 bits per heavy atom. The van der Waals surface area contributed by atoms with Crippen LogP contribution < -0.4 is 11.1 Å². The van der Waals surface area contributed by atoms with Gasteiger partial charge in [-0.05, 0) is 61.6 Å². The molecule has 0 amide bonds. The van der Waals surface area contributed by atoms with Gasteiger partial charge in [0, 0.05) is 29.7 Å². The molecule has 5 atom stereocenters. The van der Waals surface area contributed by atoms with Crippen LogP contribution in [0.25, 0.3) is 0 Å². The fraction of sp³-hybridized carbons (Fsp3) is 0.720. The number of nitrogens with one attached hydrogen (secondary N) is 1. The second kappa shape index (κ2) is 8.33. The van der Waals surface area contributed by atoms with E-state index in [9.17, 15) is 5.11 Å². The molecule has 170 valence electrons. The third-order valence-electron chi connectivity index (χ3n) is 8.89. The highest BCUT2D eigenvalue weighted by Crippen LogP contribution is 2.62. The van der Waals surface area contributed by atoms with E-state index in [-0.39, 0.29) is 17.6 Å². The summed E-state index contributed by atoms with van der Waals surface area (Å²) in [6.45, 7) is 0. The summed E-state index contributed by atoms with van der Waals surface area (Å²) in [6, 6.07) is 5.91. The number of methoxy groups -OCH3 is 1. The molecule has 0 radical (unpaired) electrons. The Labute approximate surface area is 190 Å². The molecule has 5 unspecified atom stereocenters. The van der Waals surface area contributed by atoms with Gasteiger partial charge in [-0.1, -0.05) is 50.1 Å². The van der Waals surface area contributed by atoms with Gasteiger partial charge in [0.15, 0.2) is 5.60 Å². The molecule has 1 saturated heterocycles. The van der Waals surface area contributed by atoms with Gasteiger partial charge in [-0.25, -0.2) is 4.99 Å². The lowest BCUT2D eigenvalue weighted by molar-refractivity contribution is -0.160. The number of halogens is 1. The lowest BCUT2D eigenvalue weighted by atomic mass is 9.48. The summed E-state index contributed by atoms with van der Waals surface area (Å²) in [6.07, 6.45) is 13.0. The number of benzene rings is 1. The second-order valence-electron chi connectivity index (χ2n) is 10.2. The molecule has 0 bridgehead atoms. The van der Waals surface area contributed by atoms with Gasteiger partial charge in [-0.3, -0.25) is 5.32 Å². The molecule has 2 aliphatic heterocycles. The zero-order chi connectivity index (χ0) is 21.6. The first-order valence-electron chi connectivity index (χ1n) is 12.2. The van der Waals surface area contributed by atoms with Crippen molar-refractivity contribution in [3.05, 3.63) is 28.8 Å². The Morgan fingerprint density at radius 3 is 2.61 bits per heavy atom. The van der Waals surface area contributed by atoms with Crippen LogP contribution in [-0.4, -0.2) is 30.3 Å². The highest BCUT2D eigenvalue weighted by atomic mass is 35.5. The normalized spacial score (nSPS) is 38.8. The minimum Gasteiger partial charge on any atom is -0.384 e. The van der Waals surface area contributed by atoms with E-state index in [1.165, 1.54) is 51.4 Å². The molecule has 5 rings (SSSR count). The number of rotatable bonds is 3. The lowest BCUT2D eigenvalue weighted by Crippen LogP contribution is -2.68. The van der Waals surface area contributed by atoms with E-state index in [1.807, 2.05) is 18.2 Å². The van der Waals surface area contributed by atoms with Crippen molar-refractivity contribution < 1.29 is 9.84 Å². The van der Waals surface area contributed by atoms with Gasteiger partial charge in [-0.15, -0.1) is 0 Å². The molecule has 2 saturated carbocycles. The van der Waals surface area contributed by atoms with Crippen LogP contribution in [0, 0.1) is 17.3 Å². The van der Waals surface area contributed by atoms with Crippen molar-refractivity contribution in [2.24, 2.45) is 28.0 Å². The van der Waals surface area contributed by atoms with Gasteiger partial charge in [-0.2, -0.15) is 0 Å². The van der Waals surface area contributed by atoms with Gasteiger partial charge in [0.05, 0.1) is 5.69 Å². The molecule has 0 aromatic heterocycles. The van der Waals surface area contributed by atoms with Crippen LogP contribution in [0.4, 0.5) is 5.69 Å². The minimum atomic E-state index is -1.30. The minimum absolute atomic E-state index is 0.0174. The van der Waals surface area contributed by atoms with Crippen molar-refractivity contribution in [1.29, 1.82) is 0 Å². The fourth-order valence-corrected chi connectivity index (χ4v) is 7.72. The average molecular weight is 446 g/mol. The van der Waals surface area contributed by atoms with Crippen LogP contribution >= 0.6 is 11.6 Å². The van der Waals surface area contributed by atoms with E-state index in [4.69, 9.17) is 22.1 Å². The average Bonchev–Trinajstić information content (AvgIpc) is 2.97. The predicted octanol–water partition coefficient (Wildman–Crippen LogP) is 5.01. The number of nitrogens with zero attached hydrogens (tertiary/aromatic N) is 1. The molecular formula is C25H36ClN3O2. The van der Waals surface area contributed by atoms with Crippen molar-refractivity contribution in [2.45, 2.75) is 88.5 Å². The van der Waals surface area contributed by atoms with E-state index < -0.39 is 5.60 Å². The highest BCUT2D eigenvalue weighted by molar-refractivity contribution is 6.30. The first-order chi connectivity index (χ1) is 15.0. The standard InChI is InChI=1S/C25H36ClN3O2/c1-31-22-15-20(25(30)18-14-17(26)11-12-19(18)28-23(25)27)24(13-7-6-10-21(24)29-22)16-8-4-2-3-5-9-16/h11-12,14,16,20-22,29-30H,2-10,13,15H2,1H3,(H2,27,28). The van der Waals surface area contributed by atoms with Gasteiger partial charge in [0.25, 0.3) is 0 Å². The third kappa shape index (κ3) is 3.35. The van der Waals surface area contributed by atoms with Crippen LogP contribution in [0.1, 0.15) is 76.2 Å². The van der Waals surface area contributed by atoms with E-state index in [1.54, 1.807) is 7.11 Å². The van der Waals surface area contributed by atoms with E-state index in [2.05, 4.69) is 10.3 Å². The maximum absolute atomic E-state index is 12.5. The Bertz CT molecular complexity index is 853. The van der Waals surface area contributed by atoms with Crippen molar-refractivity contribution in [1.82, 2.24) is 5.32 Å². The summed E-state index contributed by atoms with van der Waals surface area (Å²) in [5, 5.41) is 16.9. The number of nitrogens with two attached hydrogens (primary N) is 1. The van der Waals surface area contributed by atoms with E-state index >= 15 is 0 Å². The smallest absolute Gasteiger partial charge is 0.152 e. The summed E-state index contributed by atoms with van der Waals surface area (Å²) < 4.78 is 5.85. The van der Waals surface area contributed by atoms with Crippen molar-refractivity contribution in [3.8, 4) is 0 Å². The second-order valence-corrected chi connectivity index (χ2v) is 10.6. The highest BCUT2D eigenvalue weighted by Gasteiger charge is 2.63. The van der Waals surface area contributed by atoms with Crippen LogP contribution in [0.5, 0.6) is 0 Å². The summed E-state index contributed by atoms with van der Waals surface area (Å²) in [5.74, 6) is 0.850. The maximum Gasteiger partial charge on any atom is 0.152 e. The molecule has 4 N–H and O–H groups in total. The molecular weight excluding hydrogens is 410 g/mol. The Morgan fingerprint density at radius 2 is 1.87 bits per heavy atom. The molecule has 0 spiro atoms. The summed E-state index contributed by atoms with van der Waals surface area (Å²) in [7, 11) is 1.76. The van der Waals surface area contributed by atoms with Crippen LogP contribution in [0.15, 0.2) is 23.2 Å². The van der Waals surface area contributed by atoms with Gasteiger partial charge in [0.1, 0.15) is 12.1 Å². The molecule has 1 aromatic rings. The zero-order valence-electron chi connectivity index (χ0n) is 18.6. The SMILES string of the molecule is COC1CC(C2(O)C(N)=Nc3ccc(Cl)cc32)C2(C3CCCCCC3)CCCCC2N1. The number of aliphatic hydroxyl groups is 1. The van der Waals surface area contributed by atoms with Gasteiger partial charge < -0.3 is 15.6 Å². The number of aliphatic imine (C=N–C) groups is 1. The summed E-state index contributed by atoms with van der Waals surface area (Å²) in [5.41, 5.74) is 6.77. The lowest BCUT2D eigenvalue weighted by Gasteiger charge is -2.61. The first-order valence-corrected chi connectivity index (χ1v) is 12.5. The molecule has 1 aromatic carbocycles. The fourth-order valence-electron chi connectivity index (χ4n) is 7.55. The monoisotopic (exact) mass is 445 g/mol. The Kier molecular flexibility index (Phi) is 5.83. The third-order valence-corrected chi connectivity index (χ3v) is 9.13. The van der Waals surface area contributed by atoms with E-state index in [0.717, 1.165) is 30.5 Å². The summed E-state index contributed by atoms with van der Waals surface area (Å²) in [4.78, 5) is 4.63. The quantitative estimate of drug-likeness (QED) is 0.571. The topological polar surface area (TPSA) is 79.9 Å². The zero-order valence-corrected chi connectivity index (χ0v) is 19.3. The molecule has 3 fully saturated rings. The van der Waals surface area contributed by atoms with Gasteiger partial charge >= 0.3 is 0 Å². The number of ether oxygens (including phenoxy) is 1. The molecule has 31 heavy (non-hydrogen) atoms. The molecule has 4 aliphatic rings. The van der Waals surface area contributed by atoms with Crippen LogP contribution in [0.3, 0.4) is 0 Å². The number of hydrogen-bond donors (Lipinski definition) is 3. The first kappa shape index (κ1) is 21.7. The van der Waals surface area contributed by atoms with Crippen molar-refractivity contribution in [3.63, 3.8) is 0 Å². The van der Waals surface area contributed by atoms with Gasteiger partial charge in [0.2, 0.25) is 0 Å². The number of hydrogen-bond acceptors (Lipinski definition) is 5. The largest absolute Gasteiger partial charge is 0.384 e. The number of piperidine rings is 1. The molecule has 6 heteroatoms.